The highest BCUT2D eigenvalue weighted by Gasteiger charge is 2.32. The quantitative estimate of drug-likeness (QED) is 0.294. The van der Waals surface area contributed by atoms with Crippen LogP contribution in [-0.2, 0) is 0 Å². The zero-order chi connectivity index (χ0) is 31.6. The summed E-state index contributed by atoms with van der Waals surface area (Å²) in [6.07, 6.45) is 26.0. The first-order valence-corrected chi connectivity index (χ1v) is 16.5. The van der Waals surface area contributed by atoms with E-state index in [4.69, 9.17) is 9.98 Å². The van der Waals surface area contributed by atoms with Crippen LogP contribution in [0.2, 0.25) is 0 Å². The van der Waals surface area contributed by atoms with Gasteiger partial charge in [-0.2, -0.15) is 0 Å². The van der Waals surface area contributed by atoms with Gasteiger partial charge in [0.1, 0.15) is 17.5 Å². The van der Waals surface area contributed by atoms with Crippen LogP contribution in [0.25, 0.3) is 16.7 Å². The van der Waals surface area contributed by atoms with Gasteiger partial charge in [0.15, 0.2) is 6.17 Å². The summed E-state index contributed by atoms with van der Waals surface area (Å²) in [6.45, 7) is 2.99. The maximum absolute atomic E-state index is 5.27. The van der Waals surface area contributed by atoms with Crippen molar-refractivity contribution in [3.05, 3.63) is 174 Å². The molecule has 5 nitrogen and oxygen atoms in total. The monoisotopic (exact) mass is 611 g/mol. The summed E-state index contributed by atoms with van der Waals surface area (Å²) >= 11 is 0. The van der Waals surface area contributed by atoms with Crippen LogP contribution >= 0.6 is 0 Å². The molecular formula is C42H37N5. The topological polar surface area (TPSA) is 61.1 Å². The largest absolute Gasteiger partial charge is 0.347 e. The first kappa shape index (κ1) is 28.9. The molecule has 3 aromatic rings. The lowest BCUT2D eigenvalue weighted by Crippen LogP contribution is -2.43. The van der Waals surface area contributed by atoms with Crippen LogP contribution in [0.5, 0.6) is 0 Å². The van der Waals surface area contributed by atoms with Crippen LogP contribution in [-0.4, -0.2) is 24.1 Å². The Morgan fingerprint density at radius 3 is 2.21 bits per heavy atom. The first-order valence-electron chi connectivity index (χ1n) is 16.5. The van der Waals surface area contributed by atoms with E-state index in [0.717, 1.165) is 28.6 Å². The molecule has 0 saturated heterocycles. The summed E-state index contributed by atoms with van der Waals surface area (Å²) in [7, 11) is 0. The van der Waals surface area contributed by atoms with Gasteiger partial charge in [0, 0.05) is 35.1 Å². The Morgan fingerprint density at radius 2 is 1.43 bits per heavy atom. The lowest BCUT2D eigenvalue weighted by molar-refractivity contribution is 0.605. The lowest BCUT2D eigenvalue weighted by Gasteiger charge is -2.33. The number of benzene rings is 3. The second kappa shape index (κ2) is 12.7. The van der Waals surface area contributed by atoms with Gasteiger partial charge in [-0.15, -0.1) is 0 Å². The predicted molar refractivity (Wildman–Crippen MR) is 195 cm³/mol. The molecule has 2 aliphatic heterocycles. The molecule has 2 N–H and O–H groups in total. The van der Waals surface area contributed by atoms with Crippen LogP contribution in [0.3, 0.4) is 0 Å². The van der Waals surface area contributed by atoms with Crippen molar-refractivity contribution in [2.75, 3.05) is 6.54 Å². The molecule has 0 radical (unpaired) electrons. The van der Waals surface area contributed by atoms with Gasteiger partial charge in [-0.05, 0) is 39.8 Å². The molecule has 0 aromatic heterocycles. The molecule has 2 heterocycles. The molecule has 5 atom stereocenters. The number of rotatable bonds is 6. The highest BCUT2D eigenvalue weighted by Crippen LogP contribution is 2.36. The standard InChI is InChI=1S/C42H37N5/c1-28-27-35(31-17-19-33(20-18-31)39-43-25-8-26-44-39)23-24-36(28)41-45-40(34-21-15-30(16-22-34)29-9-3-2-4-10-29)46-42(47-41)38-14-7-12-32-11-5-6-13-37(32)38/h2-25,27-28,32,36-37,40H,26H2,1H3,(H,43,44)(H,45,46,47). The molecule has 0 saturated carbocycles. The molecule has 3 aliphatic carbocycles. The Balaban J connectivity index is 1.08. The van der Waals surface area contributed by atoms with E-state index < -0.39 is 0 Å². The molecule has 0 amide bonds. The van der Waals surface area contributed by atoms with Crippen LogP contribution in [0.4, 0.5) is 0 Å². The molecule has 5 aliphatic rings. The second-order valence-corrected chi connectivity index (χ2v) is 12.5. The van der Waals surface area contributed by atoms with E-state index in [-0.39, 0.29) is 23.9 Å². The van der Waals surface area contributed by atoms with Crippen molar-refractivity contribution in [3.8, 4) is 11.1 Å². The van der Waals surface area contributed by atoms with Crippen molar-refractivity contribution < 1.29 is 0 Å². The smallest absolute Gasteiger partial charge is 0.169 e. The SMILES string of the molecule is CC1C=C(c2ccc(C3=NCC=CN3)cc2)C=CC1C1=NC(c2ccc(-c3ccccc3)cc2)N=C(C2=CC=CC3C=CC=CC23)N1. The van der Waals surface area contributed by atoms with E-state index in [2.05, 4.69) is 162 Å². The molecule has 0 fully saturated rings. The average molecular weight is 612 g/mol. The number of fused-ring (bicyclic) bond motifs is 1. The van der Waals surface area contributed by atoms with Crippen molar-refractivity contribution >= 4 is 23.1 Å². The molecule has 5 heteroatoms. The number of aliphatic imine (C=N–C) groups is 3. The number of amidine groups is 3. The van der Waals surface area contributed by atoms with Crippen molar-refractivity contribution in [1.29, 1.82) is 0 Å². The zero-order valence-electron chi connectivity index (χ0n) is 26.4. The highest BCUT2D eigenvalue weighted by molar-refractivity contribution is 6.12. The molecule has 230 valence electrons. The minimum atomic E-state index is -0.330. The van der Waals surface area contributed by atoms with Gasteiger partial charge in [-0.25, -0.2) is 9.98 Å². The van der Waals surface area contributed by atoms with Gasteiger partial charge in [0.2, 0.25) is 0 Å². The Labute approximate surface area is 276 Å². The third-order valence-corrected chi connectivity index (χ3v) is 9.49. The maximum Gasteiger partial charge on any atom is 0.169 e. The van der Waals surface area contributed by atoms with E-state index in [0.29, 0.717) is 12.5 Å². The summed E-state index contributed by atoms with van der Waals surface area (Å²) in [6, 6.07) is 27.9. The number of nitrogens with zero attached hydrogens (tertiary/aromatic N) is 3. The minimum absolute atomic E-state index is 0.0968. The summed E-state index contributed by atoms with van der Waals surface area (Å²) < 4.78 is 0. The fourth-order valence-corrected chi connectivity index (χ4v) is 6.90. The van der Waals surface area contributed by atoms with E-state index in [9.17, 15) is 0 Å². The number of hydrogen-bond acceptors (Lipinski definition) is 5. The molecular weight excluding hydrogens is 574 g/mol. The Morgan fingerprint density at radius 1 is 0.681 bits per heavy atom. The Kier molecular flexibility index (Phi) is 7.80. The number of allylic oxidation sites excluding steroid dienone is 10. The summed E-state index contributed by atoms with van der Waals surface area (Å²) in [5.74, 6) is 3.69. The van der Waals surface area contributed by atoms with Crippen LogP contribution in [0.1, 0.15) is 29.8 Å². The lowest BCUT2D eigenvalue weighted by atomic mass is 9.78. The fourth-order valence-electron chi connectivity index (χ4n) is 6.90. The fraction of sp³-hybridized carbons (Fsp3) is 0.167. The molecule has 8 rings (SSSR count). The van der Waals surface area contributed by atoms with Gasteiger partial charge in [0.05, 0.1) is 6.54 Å². The predicted octanol–water partition coefficient (Wildman–Crippen LogP) is 8.38. The van der Waals surface area contributed by atoms with E-state index in [1.165, 1.54) is 27.8 Å². The normalized spacial score (nSPS) is 25.8. The van der Waals surface area contributed by atoms with Crippen molar-refractivity contribution in [2.45, 2.75) is 13.1 Å². The Bertz CT molecular complexity index is 1960. The molecule has 0 bridgehead atoms. The van der Waals surface area contributed by atoms with Gasteiger partial charge in [-0.1, -0.05) is 147 Å². The highest BCUT2D eigenvalue weighted by atomic mass is 15.2. The van der Waals surface area contributed by atoms with Gasteiger partial charge in [0.25, 0.3) is 0 Å². The Hall–Kier alpha value is -5.55. The molecule has 47 heavy (non-hydrogen) atoms. The van der Waals surface area contributed by atoms with Crippen molar-refractivity contribution in [1.82, 2.24) is 10.6 Å². The van der Waals surface area contributed by atoms with Crippen LogP contribution in [0, 0.1) is 23.7 Å². The van der Waals surface area contributed by atoms with Crippen LogP contribution in [0.15, 0.2) is 172 Å². The van der Waals surface area contributed by atoms with E-state index >= 15 is 0 Å². The first-order chi connectivity index (χ1) is 23.2. The summed E-state index contributed by atoms with van der Waals surface area (Å²) in [4.78, 5) is 15.1. The minimum Gasteiger partial charge on any atom is -0.347 e. The van der Waals surface area contributed by atoms with Gasteiger partial charge < -0.3 is 10.6 Å². The molecule has 5 unspecified atom stereocenters. The van der Waals surface area contributed by atoms with Gasteiger partial charge in [-0.3, -0.25) is 4.99 Å². The van der Waals surface area contributed by atoms with Crippen molar-refractivity contribution in [3.63, 3.8) is 0 Å². The molecule has 0 spiro atoms. The third-order valence-electron chi connectivity index (χ3n) is 9.49. The zero-order valence-corrected chi connectivity index (χ0v) is 26.4. The maximum atomic E-state index is 5.27. The van der Waals surface area contributed by atoms with Crippen LogP contribution < -0.4 is 10.6 Å². The average Bonchev–Trinajstić information content (AvgIpc) is 3.15. The number of hydrogen-bond donors (Lipinski definition) is 2. The second-order valence-electron chi connectivity index (χ2n) is 12.5. The number of nitrogens with one attached hydrogen (secondary N) is 2. The summed E-state index contributed by atoms with van der Waals surface area (Å²) in [5.41, 5.74) is 8.19. The van der Waals surface area contributed by atoms with Crippen molar-refractivity contribution in [2.24, 2.45) is 38.6 Å². The third kappa shape index (κ3) is 5.93. The molecule has 3 aromatic carbocycles. The van der Waals surface area contributed by atoms with E-state index in [1.54, 1.807) is 0 Å². The van der Waals surface area contributed by atoms with Gasteiger partial charge >= 0.3 is 0 Å². The summed E-state index contributed by atoms with van der Waals surface area (Å²) in [5, 5.41) is 6.97. The van der Waals surface area contributed by atoms with E-state index in [1.807, 2.05) is 12.3 Å².